The van der Waals surface area contributed by atoms with Gasteiger partial charge >= 0.3 is 0 Å². The summed E-state index contributed by atoms with van der Waals surface area (Å²) < 4.78 is 7.06. The summed E-state index contributed by atoms with van der Waals surface area (Å²) in [5.74, 6) is 0. The van der Waals surface area contributed by atoms with Crippen LogP contribution in [0.4, 0.5) is 0 Å². The number of ether oxygens (including phenoxy) is 1. The molecule has 2 N–H and O–H groups in total. The number of fused-ring (bicyclic) bond motifs is 1. The van der Waals surface area contributed by atoms with Gasteiger partial charge in [-0.15, -0.1) is 11.3 Å². The maximum atomic E-state index is 6.33. The summed E-state index contributed by atoms with van der Waals surface area (Å²) in [6.45, 7) is 5.98. The van der Waals surface area contributed by atoms with Crippen LogP contribution in [-0.2, 0) is 11.2 Å². The van der Waals surface area contributed by atoms with Gasteiger partial charge in [0.2, 0.25) is 0 Å². The van der Waals surface area contributed by atoms with Crippen LogP contribution in [0.15, 0.2) is 24.3 Å². The monoisotopic (exact) mass is 291 g/mol. The third-order valence-corrected chi connectivity index (χ3v) is 4.91. The van der Waals surface area contributed by atoms with Gasteiger partial charge in [-0.3, -0.25) is 4.90 Å². The molecule has 0 amide bonds. The van der Waals surface area contributed by atoms with Crippen LogP contribution in [0.3, 0.4) is 0 Å². The zero-order chi connectivity index (χ0) is 13.9. The van der Waals surface area contributed by atoms with Crippen molar-refractivity contribution in [3.05, 3.63) is 29.3 Å². The summed E-state index contributed by atoms with van der Waals surface area (Å²) in [5, 5.41) is 1.11. The minimum Gasteiger partial charge on any atom is -0.374 e. The highest BCUT2D eigenvalue weighted by molar-refractivity contribution is 7.18. The molecule has 0 aliphatic carbocycles. The van der Waals surface area contributed by atoms with Crippen LogP contribution >= 0.6 is 11.3 Å². The van der Waals surface area contributed by atoms with E-state index < -0.39 is 0 Å². The van der Waals surface area contributed by atoms with Gasteiger partial charge in [0.25, 0.3) is 0 Å². The number of para-hydroxylation sites is 1. The molecule has 20 heavy (non-hydrogen) atoms. The van der Waals surface area contributed by atoms with E-state index in [2.05, 4.69) is 28.9 Å². The van der Waals surface area contributed by atoms with Crippen LogP contribution in [0, 0.1) is 0 Å². The first-order valence-corrected chi connectivity index (χ1v) is 8.02. The van der Waals surface area contributed by atoms with E-state index in [0.29, 0.717) is 0 Å². The van der Waals surface area contributed by atoms with Gasteiger partial charge in [0.05, 0.1) is 27.9 Å². The lowest BCUT2D eigenvalue weighted by molar-refractivity contribution is -0.0385. The third-order valence-electron chi connectivity index (χ3n) is 3.85. The Bertz CT molecular complexity index is 538. The molecule has 0 radical (unpaired) electrons. The first-order valence-electron chi connectivity index (χ1n) is 7.20. The summed E-state index contributed by atoms with van der Waals surface area (Å²) in [7, 11) is 0. The predicted octanol–water partition coefficient (Wildman–Crippen LogP) is 1.89. The van der Waals surface area contributed by atoms with Gasteiger partial charge in [0, 0.05) is 25.6 Å². The minimum atomic E-state index is 0.0184. The molecule has 5 heteroatoms. The summed E-state index contributed by atoms with van der Waals surface area (Å²) in [6, 6.07) is 8.25. The lowest BCUT2D eigenvalue weighted by Crippen LogP contribution is -2.51. The molecular weight excluding hydrogens is 270 g/mol. The van der Waals surface area contributed by atoms with Gasteiger partial charge in [0.15, 0.2) is 0 Å². The van der Waals surface area contributed by atoms with Crippen molar-refractivity contribution in [3.8, 4) is 0 Å². The number of nitrogens with two attached hydrogens (primary N) is 1. The minimum absolute atomic E-state index is 0.0184. The Kier molecular flexibility index (Phi) is 4.31. The largest absolute Gasteiger partial charge is 0.374 e. The molecular formula is C15H21N3OS. The van der Waals surface area contributed by atoms with Crippen molar-refractivity contribution in [3.63, 3.8) is 0 Å². The highest BCUT2D eigenvalue weighted by Gasteiger charge is 2.25. The Morgan fingerprint density at radius 1 is 1.50 bits per heavy atom. The fourth-order valence-corrected chi connectivity index (χ4v) is 3.66. The lowest BCUT2D eigenvalue weighted by Gasteiger charge is -2.34. The second kappa shape index (κ2) is 6.18. The van der Waals surface area contributed by atoms with E-state index in [0.717, 1.165) is 43.2 Å². The molecule has 0 bridgehead atoms. The fourth-order valence-electron chi connectivity index (χ4n) is 2.62. The quantitative estimate of drug-likeness (QED) is 0.934. The van der Waals surface area contributed by atoms with Crippen molar-refractivity contribution in [2.45, 2.75) is 25.5 Å². The van der Waals surface area contributed by atoms with E-state index in [1.54, 1.807) is 11.3 Å². The van der Waals surface area contributed by atoms with Crippen LogP contribution in [0.2, 0.25) is 0 Å². The van der Waals surface area contributed by atoms with Crippen molar-refractivity contribution in [1.82, 2.24) is 9.88 Å². The van der Waals surface area contributed by atoms with E-state index in [9.17, 15) is 0 Å². The number of hydrogen-bond acceptors (Lipinski definition) is 5. The van der Waals surface area contributed by atoms with Crippen molar-refractivity contribution in [2.24, 2.45) is 5.73 Å². The van der Waals surface area contributed by atoms with Crippen molar-refractivity contribution >= 4 is 21.6 Å². The normalized spacial score (nSPS) is 22.2. The second-order valence-corrected chi connectivity index (χ2v) is 6.36. The molecule has 0 spiro atoms. The summed E-state index contributed by atoms with van der Waals surface area (Å²) in [6.07, 6.45) is 0.914. The van der Waals surface area contributed by atoms with Crippen LogP contribution in [0.5, 0.6) is 0 Å². The van der Waals surface area contributed by atoms with Crippen LogP contribution in [-0.4, -0.2) is 48.3 Å². The molecule has 2 aromatic rings. The average Bonchev–Trinajstić information content (AvgIpc) is 2.89. The standard InChI is InChI=1S/C15H21N3OS/c1-2-18-7-8-19-13(10-18)11(16)9-15-17-12-5-3-4-6-14(12)20-15/h3-6,11,13H,2,7-10,16H2,1H3. The molecule has 0 saturated carbocycles. The Balaban J connectivity index is 1.67. The topological polar surface area (TPSA) is 51.4 Å². The molecule has 108 valence electrons. The molecule has 1 aliphatic heterocycles. The Hall–Kier alpha value is -1.01. The number of hydrogen-bond donors (Lipinski definition) is 1. The van der Waals surface area contributed by atoms with E-state index in [-0.39, 0.29) is 12.1 Å². The van der Waals surface area contributed by atoms with Gasteiger partial charge in [0.1, 0.15) is 0 Å². The molecule has 1 fully saturated rings. The third kappa shape index (κ3) is 3.01. The van der Waals surface area contributed by atoms with Gasteiger partial charge in [-0.1, -0.05) is 19.1 Å². The lowest BCUT2D eigenvalue weighted by atomic mass is 10.1. The number of aromatic nitrogens is 1. The molecule has 4 nitrogen and oxygen atoms in total. The van der Waals surface area contributed by atoms with Crippen molar-refractivity contribution < 1.29 is 4.74 Å². The van der Waals surface area contributed by atoms with Crippen LogP contribution < -0.4 is 5.73 Å². The fraction of sp³-hybridized carbons (Fsp3) is 0.533. The average molecular weight is 291 g/mol. The van der Waals surface area contributed by atoms with Crippen LogP contribution in [0.1, 0.15) is 11.9 Å². The first-order chi connectivity index (χ1) is 9.76. The molecule has 2 atom stereocenters. The van der Waals surface area contributed by atoms with E-state index in [1.807, 2.05) is 12.1 Å². The van der Waals surface area contributed by atoms with E-state index in [4.69, 9.17) is 10.5 Å². The number of nitrogens with zero attached hydrogens (tertiary/aromatic N) is 2. The molecule has 1 aromatic heterocycles. The van der Waals surface area contributed by atoms with E-state index in [1.165, 1.54) is 4.70 Å². The Morgan fingerprint density at radius 3 is 3.15 bits per heavy atom. The summed E-state index contributed by atoms with van der Waals surface area (Å²) >= 11 is 1.74. The zero-order valence-electron chi connectivity index (χ0n) is 11.8. The predicted molar refractivity (Wildman–Crippen MR) is 83.2 cm³/mol. The number of benzene rings is 1. The highest BCUT2D eigenvalue weighted by Crippen LogP contribution is 2.23. The zero-order valence-corrected chi connectivity index (χ0v) is 12.6. The molecule has 1 saturated heterocycles. The SMILES string of the molecule is CCN1CCOC(C(N)Cc2nc3ccccc3s2)C1. The van der Waals surface area contributed by atoms with Crippen molar-refractivity contribution in [2.75, 3.05) is 26.2 Å². The molecule has 1 aromatic carbocycles. The van der Waals surface area contributed by atoms with E-state index >= 15 is 0 Å². The van der Waals surface area contributed by atoms with Crippen molar-refractivity contribution in [1.29, 1.82) is 0 Å². The molecule has 2 heterocycles. The smallest absolute Gasteiger partial charge is 0.0955 e. The summed E-state index contributed by atoms with van der Waals surface area (Å²) in [5.41, 5.74) is 7.40. The molecule has 3 rings (SSSR count). The molecule has 2 unspecified atom stereocenters. The van der Waals surface area contributed by atoms with Gasteiger partial charge in [-0.05, 0) is 18.7 Å². The Labute approximate surface area is 123 Å². The van der Waals surface area contributed by atoms with Gasteiger partial charge in [-0.25, -0.2) is 4.98 Å². The van der Waals surface area contributed by atoms with Crippen LogP contribution in [0.25, 0.3) is 10.2 Å². The number of likely N-dealkylation sites (N-methyl/N-ethyl adjacent to an activating group) is 1. The Morgan fingerprint density at radius 2 is 2.35 bits per heavy atom. The second-order valence-electron chi connectivity index (χ2n) is 5.25. The molecule has 1 aliphatic rings. The number of thiazole rings is 1. The summed E-state index contributed by atoms with van der Waals surface area (Å²) in [4.78, 5) is 7.05. The number of morpholine rings is 1. The van der Waals surface area contributed by atoms with Gasteiger partial charge in [-0.2, -0.15) is 0 Å². The maximum absolute atomic E-state index is 6.33. The number of rotatable bonds is 4. The highest BCUT2D eigenvalue weighted by atomic mass is 32.1. The van der Waals surface area contributed by atoms with Gasteiger partial charge < -0.3 is 10.5 Å². The maximum Gasteiger partial charge on any atom is 0.0955 e. The first kappa shape index (κ1) is 13.9.